The Labute approximate surface area is 364 Å². The lowest BCUT2D eigenvalue weighted by Gasteiger charge is -2.33. The number of nitrogens with zero attached hydrogens (tertiary/aromatic N) is 3. The summed E-state index contributed by atoms with van der Waals surface area (Å²) in [6.45, 7) is 0. The molecule has 0 saturated heterocycles. The molecule has 0 aliphatic heterocycles. The van der Waals surface area contributed by atoms with Crippen molar-refractivity contribution in [2.45, 2.75) is 5.41 Å². The van der Waals surface area contributed by atoms with Crippen LogP contribution in [-0.4, -0.2) is 15.0 Å². The SMILES string of the molecule is c1ccc(-c2cccc(-c3nc(-c4ccc(-c5ccc6sc7ccccc7c6c5)cc4)nc(-c4ccc5c(c4)-c4ccccc4C5(c4ccccc4)c4ccccc4)n3)c2)cc1. The highest BCUT2D eigenvalue weighted by atomic mass is 32.1. The molecule has 62 heavy (non-hydrogen) atoms. The zero-order valence-electron chi connectivity index (χ0n) is 33.6. The van der Waals surface area contributed by atoms with Gasteiger partial charge in [0.25, 0.3) is 0 Å². The monoisotopic (exact) mass is 807 g/mol. The quantitative estimate of drug-likeness (QED) is 0.161. The van der Waals surface area contributed by atoms with E-state index in [1.807, 2.05) is 17.4 Å². The van der Waals surface area contributed by atoms with Gasteiger partial charge >= 0.3 is 0 Å². The van der Waals surface area contributed by atoms with E-state index < -0.39 is 5.41 Å². The Bertz CT molecular complexity index is 3410. The van der Waals surface area contributed by atoms with Crippen molar-refractivity contribution >= 4 is 31.5 Å². The molecule has 11 aromatic rings. The van der Waals surface area contributed by atoms with Crippen molar-refractivity contribution in [1.29, 1.82) is 0 Å². The predicted molar refractivity (Wildman–Crippen MR) is 257 cm³/mol. The van der Waals surface area contributed by atoms with Gasteiger partial charge in [0.15, 0.2) is 17.5 Å². The second-order valence-electron chi connectivity index (χ2n) is 15.9. The summed E-state index contributed by atoms with van der Waals surface area (Å²) in [5, 5.41) is 2.59. The van der Waals surface area contributed by atoms with Crippen LogP contribution in [0, 0.1) is 0 Å². The van der Waals surface area contributed by atoms with Crippen molar-refractivity contribution in [2.75, 3.05) is 0 Å². The van der Waals surface area contributed by atoms with E-state index in [9.17, 15) is 0 Å². The second-order valence-corrected chi connectivity index (χ2v) is 17.0. The zero-order valence-corrected chi connectivity index (χ0v) is 34.4. The number of benzene rings is 9. The molecule has 2 heterocycles. The van der Waals surface area contributed by atoms with Crippen LogP contribution in [0.3, 0.4) is 0 Å². The lowest BCUT2D eigenvalue weighted by atomic mass is 9.67. The maximum Gasteiger partial charge on any atom is 0.164 e. The predicted octanol–water partition coefficient (Wildman–Crippen LogP) is 14.9. The van der Waals surface area contributed by atoms with Gasteiger partial charge in [0.05, 0.1) is 5.41 Å². The van der Waals surface area contributed by atoms with E-state index in [0.717, 1.165) is 33.4 Å². The Balaban J connectivity index is 1.01. The maximum atomic E-state index is 5.26. The normalized spacial score (nSPS) is 12.6. The Morgan fingerprint density at radius 3 is 1.52 bits per heavy atom. The molecule has 4 heteroatoms. The Morgan fingerprint density at radius 1 is 0.290 bits per heavy atom. The van der Waals surface area contributed by atoms with Crippen molar-refractivity contribution < 1.29 is 0 Å². The number of hydrogen-bond donors (Lipinski definition) is 0. The summed E-state index contributed by atoms with van der Waals surface area (Å²) in [5.41, 5.74) is 14.3. The van der Waals surface area contributed by atoms with E-state index in [1.54, 1.807) is 0 Å². The van der Waals surface area contributed by atoms with Crippen LogP contribution in [-0.2, 0) is 5.41 Å². The third kappa shape index (κ3) is 5.91. The molecule has 0 bridgehead atoms. The third-order valence-electron chi connectivity index (χ3n) is 12.4. The lowest BCUT2D eigenvalue weighted by molar-refractivity contribution is 0.768. The molecule has 0 unspecified atom stereocenters. The fraction of sp³-hybridized carbons (Fsp3) is 0.0172. The van der Waals surface area contributed by atoms with E-state index in [0.29, 0.717) is 17.5 Å². The summed E-state index contributed by atoms with van der Waals surface area (Å²) in [6.07, 6.45) is 0. The van der Waals surface area contributed by atoms with Crippen molar-refractivity contribution in [2.24, 2.45) is 0 Å². The molecule has 290 valence electrons. The van der Waals surface area contributed by atoms with Gasteiger partial charge in [-0.05, 0) is 86.0 Å². The molecule has 0 atom stereocenters. The van der Waals surface area contributed by atoms with Crippen molar-refractivity contribution in [1.82, 2.24) is 15.0 Å². The lowest BCUT2D eigenvalue weighted by Crippen LogP contribution is -2.28. The van der Waals surface area contributed by atoms with Gasteiger partial charge in [0.1, 0.15) is 0 Å². The summed E-state index contributed by atoms with van der Waals surface area (Å²) in [4.78, 5) is 15.7. The van der Waals surface area contributed by atoms with Crippen molar-refractivity contribution in [3.8, 4) is 67.5 Å². The van der Waals surface area contributed by atoms with E-state index in [2.05, 4.69) is 218 Å². The minimum absolute atomic E-state index is 0.483. The average molecular weight is 808 g/mol. The van der Waals surface area contributed by atoms with Gasteiger partial charge in [-0.3, -0.25) is 0 Å². The van der Waals surface area contributed by atoms with Gasteiger partial charge in [0, 0.05) is 36.9 Å². The third-order valence-corrected chi connectivity index (χ3v) is 13.6. The minimum Gasteiger partial charge on any atom is -0.208 e. The van der Waals surface area contributed by atoms with Gasteiger partial charge in [-0.2, -0.15) is 0 Å². The summed E-state index contributed by atoms with van der Waals surface area (Å²) in [5.74, 6) is 1.89. The van der Waals surface area contributed by atoms with Crippen LogP contribution in [0.1, 0.15) is 22.3 Å². The largest absolute Gasteiger partial charge is 0.208 e. The molecule has 0 amide bonds. The zero-order chi connectivity index (χ0) is 41.0. The fourth-order valence-electron chi connectivity index (χ4n) is 9.54. The average Bonchev–Trinajstić information content (AvgIpc) is 3.88. The molecular formula is C58H37N3S. The van der Waals surface area contributed by atoms with Gasteiger partial charge in [-0.15, -0.1) is 11.3 Å². The summed E-state index contributed by atoms with van der Waals surface area (Å²) in [7, 11) is 0. The molecule has 1 aliphatic carbocycles. The van der Waals surface area contributed by atoms with E-state index >= 15 is 0 Å². The summed E-state index contributed by atoms with van der Waals surface area (Å²) in [6, 6.07) is 80.5. The van der Waals surface area contributed by atoms with Gasteiger partial charge in [-0.1, -0.05) is 194 Å². The van der Waals surface area contributed by atoms with Gasteiger partial charge in [-0.25, -0.2) is 15.0 Å². The molecule has 0 spiro atoms. The first-order valence-electron chi connectivity index (χ1n) is 21.0. The Kier molecular flexibility index (Phi) is 8.58. The molecule has 1 aliphatic rings. The second kappa shape index (κ2) is 14.7. The maximum absolute atomic E-state index is 5.26. The number of rotatable bonds is 7. The molecule has 12 rings (SSSR count). The molecular weight excluding hydrogens is 771 g/mol. The number of aromatic nitrogens is 3. The first-order valence-corrected chi connectivity index (χ1v) is 21.8. The van der Waals surface area contributed by atoms with E-state index in [1.165, 1.54) is 59.1 Å². The first kappa shape index (κ1) is 36.1. The van der Waals surface area contributed by atoms with Crippen LogP contribution < -0.4 is 0 Å². The Morgan fingerprint density at radius 2 is 0.774 bits per heavy atom. The number of hydrogen-bond acceptors (Lipinski definition) is 4. The van der Waals surface area contributed by atoms with Crippen LogP contribution >= 0.6 is 11.3 Å². The summed E-state index contributed by atoms with van der Waals surface area (Å²) >= 11 is 1.84. The molecule has 0 radical (unpaired) electrons. The smallest absolute Gasteiger partial charge is 0.164 e. The fourth-order valence-corrected chi connectivity index (χ4v) is 10.6. The highest BCUT2D eigenvalue weighted by molar-refractivity contribution is 7.25. The Hall–Kier alpha value is -7.79. The van der Waals surface area contributed by atoms with Gasteiger partial charge < -0.3 is 0 Å². The van der Waals surface area contributed by atoms with E-state index in [4.69, 9.17) is 15.0 Å². The van der Waals surface area contributed by atoms with E-state index in [-0.39, 0.29) is 0 Å². The van der Waals surface area contributed by atoms with Crippen LogP contribution in [0.5, 0.6) is 0 Å². The minimum atomic E-state index is -0.483. The van der Waals surface area contributed by atoms with Crippen LogP contribution in [0.2, 0.25) is 0 Å². The highest BCUT2D eigenvalue weighted by Gasteiger charge is 2.46. The van der Waals surface area contributed by atoms with Crippen LogP contribution in [0.25, 0.3) is 87.7 Å². The molecule has 0 fully saturated rings. The number of fused-ring (bicyclic) bond motifs is 6. The molecule has 0 N–H and O–H groups in total. The molecule has 2 aromatic heterocycles. The van der Waals surface area contributed by atoms with Crippen LogP contribution in [0.15, 0.2) is 224 Å². The van der Waals surface area contributed by atoms with Gasteiger partial charge in [0.2, 0.25) is 0 Å². The van der Waals surface area contributed by atoms with Crippen molar-refractivity contribution in [3.05, 3.63) is 247 Å². The van der Waals surface area contributed by atoms with Crippen molar-refractivity contribution in [3.63, 3.8) is 0 Å². The van der Waals surface area contributed by atoms with Crippen LogP contribution in [0.4, 0.5) is 0 Å². The molecule has 9 aromatic carbocycles. The topological polar surface area (TPSA) is 38.7 Å². The molecule has 3 nitrogen and oxygen atoms in total. The number of thiophene rings is 1. The first-order chi connectivity index (χ1) is 30.7. The summed E-state index contributed by atoms with van der Waals surface area (Å²) < 4.78 is 2.61. The standard InChI is InChI=1S/C58H37N3S/c1-4-15-38(16-5-1)41-17-14-18-43(35-41)56-59-55(40-29-27-39(28-30-40)42-32-34-54-50(36-42)48-24-11-13-26-53(48)62-54)60-57(61-56)44-31-33-52-49(37-44)47-23-10-12-25-51(47)58(52,45-19-6-2-7-20-45)46-21-8-3-9-22-46/h1-37H. The molecule has 0 saturated carbocycles. The highest BCUT2D eigenvalue weighted by Crippen LogP contribution is 2.56.